The lowest BCUT2D eigenvalue weighted by Crippen LogP contribution is -2.13. The first-order valence-corrected chi connectivity index (χ1v) is 8.60. The van der Waals surface area contributed by atoms with Crippen molar-refractivity contribution in [2.75, 3.05) is 6.61 Å². The van der Waals surface area contributed by atoms with Crippen LogP contribution in [-0.4, -0.2) is 28.2 Å². The van der Waals surface area contributed by atoms with Gasteiger partial charge in [-0.1, -0.05) is 19.1 Å². The van der Waals surface area contributed by atoms with Gasteiger partial charge in [0.25, 0.3) is 5.91 Å². The molecule has 134 valence electrons. The van der Waals surface area contributed by atoms with E-state index < -0.39 is 5.97 Å². The maximum Gasteiger partial charge on any atom is 0.307 e. The number of hydrogen-bond donors (Lipinski definition) is 1. The van der Waals surface area contributed by atoms with Gasteiger partial charge < -0.3 is 9.84 Å². The maximum atomic E-state index is 13.0. The molecular formula is C21H21NO4. The summed E-state index contributed by atoms with van der Waals surface area (Å²) in [7, 11) is 0. The molecule has 5 nitrogen and oxygen atoms in total. The van der Waals surface area contributed by atoms with Crippen molar-refractivity contribution >= 4 is 22.8 Å². The van der Waals surface area contributed by atoms with Crippen LogP contribution in [0.15, 0.2) is 48.5 Å². The molecule has 0 atom stereocenters. The van der Waals surface area contributed by atoms with Crippen LogP contribution in [0.2, 0.25) is 0 Å². The van der Waals surface area contributed by atoms with E-state index in [0.29, 0.717) is 17.7 Å². The van der Waals surface area contributed by atoms with E-state index in [1.165, 1.54) is 0 Å². The Balaban J connectivity index is 1.98. The topological polar surface area (TPSA) is 68.5 Å². The second-order valence-electron chi connectivity index (χ2n) is 6.22. The Kier molecular flexibility index (Phi) is 5.07. The highest BCUT2D eigenvalue weighted by Crippen LogP contribution is 2.25. The average molecular weight is 351 g/mol. The zero-order valence-electron chi connectivity index (χ0n) is 14.9. The van der Waals surface area contributed by atoms with Gasteiger partial charge in [-0.3, -0.25) is 14.2 Å². The molecule has 0 aliphatic carbocycles. The smallest absolute Gasteiger partial charge is 0.307 e. The summed E-state index contributed by atoms with van der Waals surface area (Å²) in [6.07, 6.45) is 0.854. The van der Waals surface area contributed by atoms with Crippen LogP contribution >= 0.6 is 0 Å². The van der Waals surface area contributed by atoms with E-state index in [2.05, 4.69) is 0 Å². The lowest BCUT2D eigenvalue weighted by atomic mass is 10.1. The molecule has 5 heteroatoms. The quantitative estimate of drug-likeness (QED) is 0.727. The number of ether oxygens (including phenoxy) is 1. The van der Waals surface area contributed by atoms with Gasteiger partial charge in [0.2, 0.25) is 0 Å². The van der Waals surface area contributed by atoms with Gasteiger partial charge in [0.1, 0.15) is 5.75 Å². The third-order valence-corrected chi connectivity index (χ3v) is 4.24. The third kappa shape index (κ3) is 3.47. The molecule has 2 aromatic carbocycles. The summed E-state index contributed by atoms with van der Waals surface area (Å²) in [6.45, 7) is 4.53. The highest BCUT2D eigenvalue weighted by atomic mass is 16.5. The van der Waals surface area contributed by atoms with Crippen molar-refractivity contribution in [1.29, 1.82) is 0 Å². The van der Waals surface area contributed by atoms with Gasteiger partial charge in [-0.2, -0.15) is 0 Å². The minimum Gasteiger partial charge on any atom is -0.494 e. The second kappa shape index (κ2) is 7.44. The molecule has 0 bridgehead atoms. The van der Waals surface area contributed by atoms with Crippen molar-refractivity contribution in [2.45, 2.75) is 26.7 Å². The molecular weight excluding hydrogens is 330 g/mol. The average Bonchev–Trinajstić information content (AvgIpc) is 2.96. The highest BCUT2D eigenvalue weighted by Gasteiger charge is 2.17. The van der Waals surface area contributed by atoms with E-state index in [0.717, 1.165) is 28.8 Å². The fourth-order valence-electron chi connectivity index (χ4n) is 3.05. The summed E-state index contributed by atoms with van der Waals surface area (Å²) in [5.41, 5.74) is 2.75. The summed E-state index contributed by atoms with van der Waals surface area (Å²) in [6, 6.07) is 14.4. The number of aromatic nitrogens is 1. The van der Waals surface area contributed by atoms with E-state index in [1.807, 2.05) is 26.0 Å². The normalized spacial score (nSPS) is 10.8. The molecule has 0 spiro atoms. The number of carbonyl (C=O) groups is 2. The van der Waals surface area contributed by atoms with E-state index in [-0.39, 0.29) is 12.3 Å². The predicted octanol–water partition coefficient (Wildman–Crippen LogP) is 4.05. The Morgan fingerprint density at radius 2 is 1.85 bits per heavy atom. The number of benzene rings is 2. The molecule has 0 fully saturated rings. The number of aryl methyl sites for hydroxylation is 1. The van der Waals surface area contributed by atoms with Crippen molar-refractivity contribution in [3.05, 3.63) is 65.4 Å². The second-order valence-corrected chi connectivity index (χ2v) is 6.22. The van der Waals surface area contributed by atoms with Crippen LogP contribution in [0.4, 0.5) is 0 Å². The van der Waals surface area contributed by atoms with E-state index >= 15 is 0 Å². The van der Waals surface area contributed by atoms with Crippen molar-refractivity contribution in [3.63, 3.8) is 0 Å². The van der Waals surface area contributed by atoms with Crippen LogP contribution < -0.4 is 4.74 Å². The molecule has 0 saturated heterocycles. The van der Waals surface area contributed by atoms with Gasteiger partial charge >= 0.3 is 5.97 Å². The molecule has 3 aromatic rings. The maximum absolute atomic E-state index is 13.0. The Morgan fingerprint density at radius 3 is 2.50 bits per heavy atom. The predicted molar refractivity (Wildman–Crippen MR) is 100.0 cm³/mol. The van der Waals surface area contributed by atoms with Crippen LogP contribution in [0.25, 0.3) is 10.9 Å². The lowest BCUT2D eigenvalue weighted by molar-refractivity contribution is -0.136. The van der Waals surface area contributed by atoms with E-state index in [9.17, 15) is 9.59 Å². The summed E-state index contributed by atoms with van der Waals surface area (Å²) in [5, 5.41) is 9.89. The first kappa shape index (κ1) is 17.7. The molecule has 0 aliphatic rings. The zero-order chi connectivity index (χ0) is 18.7. The summed E-state index contributed by atoms with van der Waals surface area (Å²) < 4.78 is 7.18. The number of fused-ring (bicyclic) bond motifs is 1. The molecule has 3 rings (SSSR count). The molecule has 1 heterocycles. The molecule has 1 aromatic heterocycles. The van der Waals surface area contributed by atoms with Gasteiger partial charge in [0.15, 0.2) is 0 Å². The Morgan fingerprint density at radius 1 is 1.12 bits per heavy atom. The van der Waals surface area contributed by atoms with Crippen LogP contribution in [0, 0.1) is 6.92 Å². The number of nitrogens with zero attached hydrogens (tertiary/aromatic N) is 1. The highest BCUT2D eigenvalue weighted by molar-refractivity contribution is 6.04. The lowest BCUT2D eigenvalue weighted by Gasteiger charge is -2.09. The number of carboxylic acids is 1. The molecule has 0 unspecified atom stereocenters. The number of hydrogen-bond acceptors (Lipinski definition) is 3. The van der Waals surface area contributed by atoms with Gasteiger partial charge in [-0.25, -0.2) is 0 Å². The standard InChI is InChI=1S/C21H21NO4/c1-3-11-26-17-9-7-15(8-10-17)21(25)22-14(2)12-18-16(13-20(23)24)5-4-6-19(18)22/h4-10,12H,3,11,13H2,1-2H3,(H,23,24). The number of carboxylic acid groups (broad SMARTS) is 1. The molecule has 0 aliphatic heterocycles. The van der Waals surface area contributed by atoms with Crippen molar-refractivity contribution in [2.24, 2.45) is 0 Å². The molecule has 26 heavy (non-hydrogen) atoms. The first-order chi connectivity index (χ1) is 12.5. The van der Waals surface area contributed by atoms with Crippen molar-refractivity contribution in [3.8, 4) is 5.75 Å². The third-order valence-electron chi connectivity index (χ3n) is 4.24. The Bertz CT molecular complexity index is 954. The molecule has 1 N–H and O–H groups in total. The van der Waals surface area contributed by atoms with Gasteiger partial charge in [0.05, 0.1) is 18.5 Å². The molecule has 0 radical (unpaired) electrons. The largest absolute Gasteiger partial charge is 0.494 e. The fraction of sp³-hybridized carbons (Fsp3) is 0.238. The number of rotatable bonds is 6. The van der Waals surface area contributed by atoms with Crippen LogP contribution in [0.5, 0.6) is 5.75 Å². The van der Waals surface area contributed by atoms with Crippen molar-refractivity contribution < 1.29 is 19.4 Å². The number of carbonyl (C=O) groups excluding carboxylic acids is 1. The van der Waals surface area contributed by atoms with E-state index in [1.54, 1.807) is 41.0 Å². The monoisotopic (exact) mass is 351 g/mol. The Labute approximate surface area is 151 Å². The SMILES string of the molecule is CCCOc1ccc(C(=O)n2c(C)cc3c(CC(=O)O)cccc32)cc1. The van der Waals surface area contributed by atoms with Gasteiger partial charge in [-0.05, 0) is 55.3 Å². The summed E-state index contributed by atoms with van der Waals surface area (Å²) in [5.74, 6) is -0.301. The van der Waals surface area contributed by atoms with Gasteiger partial charge in [0, 0.05) is 16.6 Å². The van der Waals surface area contributed by atoms with Crippen LogP contribution in [-0.2, 0) is 11.2 Å². The number of aliphatic carboxylic acids is 1. The Hall–Kier alpha value is -3.08. The molecule has 0 amide bonds. The minimum absolute atomic E-state index is 0.0710. The zero-order valence-corrected chi connectivity index (χ0v) is 14.9. The van der Waals surface area contributed by atoms with E-state index in [4.69, 9.17) is 9.84 Å². The fourth-order valence-corrected chi connectivity index (χ4v) is 3.05. The van der Waals surface area contributed by atoms with Crippen LogP contribution in [0.3, 0.4) is 0 Å². The molecule has 0 saturated carbocycles. The van der Waals surface area contributed by atoms with Gasteiger partial charge in [-0.15, -0.1) is 0 Å². The summed E-state index contributed by atoms with van der Waals surface area (Å²) in [4.78, 5) is 24.1. The minimum atomic E-state index is -0.892. The van der Waals surface area contributed by atoms with Crippen molar-refractivity contribution in [1.82, 2.24) is 4.57 Å². The first-order valence-electron chi connectivity index (χ1n) is 8.60. The van der Waals surface area contributed by atoms with Crippen LogP contribution in [0.1, 0.15) is 35.0 Å². The summed E-state index contributed by atoms with van der Waals surface area (Å²) >= 11 is 0.